The second kappa shape index (κ2) is 5.16. The molecule has 3 heteroatoms. The Hall–Kier alpha value is -0.640. The first-order valence-electron chi connectivity index (χ1n) is 6.32. The summed E-state index contributed by atoms with van der Waals surface area (Å²) in [7, 11) is 0. The average Bonchev–Trinajstić information content (AvgIpc) is 2.98. The number of benzene rings is 1. The van der Waals surface area contributed by atoms with Gasteiger partial charge in [-0.3, -0.25) is 0 Å². The Bertz CT molecular complexity index is 535. The van der Waals surface area contributed by atoms with Gasteiger partial charge in [-0.25, -0.2) is 0 Å². The molecule has 0 radical (unpaired) electrons. The van der Waals surface area contributed by atoms with Gasteiger partial charge in [0, 0.05) is 21.4 Å². The highest BCUT2D eigenvalue weighted by Gasteiger charge is 2.24. The summed E-state index contributed by atoms with van der Waals surface area (Å²) in [5.74, 6) is 0. The second-order valence-corrected chi connectivity index (χ2v) is 6.73. The second-order valence-electron chi connectivity index (χ2n) is 4.84. The lowest BCUT2D eigenvalue weighted by atomic mass is 10.1. The van der Waals surface area contributed by atoms with Crippen LogP contribution in [0.2, 0.25) is 0 Å². The minimum absolute atomic E-state index is 0.435. The summed E-state index contributed by atoms with van der Waals surface area (Å²) in [5.41, 5.74) is 2.96. The summed E-state index contributed by atoms with van der Waals surface area (Å²) in [6.45, 7) is 2.25. The van der Waals surface area contributed by atoms with E-state index in [2.05, 4.69) is 63.9 Å². The van der Waals surface area contributed by atoms with Gasteiger partial charge in [0.1, 0.15) is 0 Å². The molecule has 0 saturated carbocycles. The zero-order valence-electron chi connectivity index (χ0n) is 10.3. The smallest absolute Gasteiger partial charge is 0.0391 e. The number of halogens is 1. The first-order valence-corrected chi connectivity index (χ1v) is 7.99. The summed E-state index contributed by atoms with van der Waals surface area (Å²) in [6.07, 6.45) is 2.39. The summed E-state index contributed by atoms with van der Waals surface area (Å²) >= 11 is 5.38. The van der Waals surface area contributed by atoms with Gasteiger partial charge < -0.3 is 5.32 Å². The van der Waals surface area contributed by atoms with E-state index in [1.807, 2.05) is 11.3 Å². The third-order valence-corrected chi connectivity index (χ3v) is 5.15. The average molecular weight is 322 g/mol. The molecule has 1 aliphatic carbocycles. The van der Waals surface area contributed by atoms with Crippen LogP contribution in [0.25, 0.3) is 0 Å². The maximum absolute atomic E-state index is 3.75. The molecule has 1 unspecified atom stereocenters. The number of nitrogens with one attached hydrogen (secondary N) is 1. The van der Waals surface area contributed by atoms with Crippen molar-refractivity contribution in [2.24, 2.45) is 0 Å². The first kappa shape index (κ1) is 12.4. The van der Waals surface area contributed by atoms with E-state index in [4.69, 9.17) is 0 Å². The van der Waals surface area contributed by atoms with E-state index in [9.17, 15) is 0 Å². The number of hydrogen-bond donors (Lipinski definition) is 1. The van der Waals surface area contributed by atoms with Gasteiger partial charge in [-0.2, -0.15) is 0 Å². The Morgan fingerprint density at radius 2 is 2.28 bits per heavy atom. The monoisotopic (exact) mass is 321 g/mol. The fourth-order valence-electron chi connectivity index (χ4n) is 2.68. The summed E-state index contributed by atoms with van der Waals surface area (Å²) < 4.78 is 1.19. The summed E-state index contributed by atoms with van der Waals surface area (Å²) in [4.78, 5) is 1.42. The molecule has 0 spiro atoms. The van der Waals surface area contributed by atoms with E-state index in [0.29, 0.717) is 12.1 Å². The molecule has 18 heavy (non-hydrogen) atoms. The molecule has 0 aliphatic heterocycles. The van der Waals surface area contributed by atoms with Gasteiger partial charge in [0.25, 0.3) is 0 Å². The van der Waals surface area contributed by atoms with Crippen LogP contribution >= 0.6 is 27.3 Å². The highest BCUT2D eigenvalue weighted by atomic mass is 79.9. The summed E-state index contributed by atoms with van der Waals surface area (Å²) in [6, 6.07) is 11.9. The minimum atomic E-state index is 0.435. The minimum Gasteiger partial charge on any atom is -0.303 e. The number of hydrogen-bond acceptors (Lipinski definition) is 2. The number of aryl methyl sites for hydroxylation is 1. The lowest BCUT2D eigenvalue weighted by molar-refractivity contribution is 0.469. The molecule has 1 aromatic carbocycles. The van der Waals surface area contributed by atoms with Gasteiger partial charge in [0.15, 0.2) is 0 Å². The molecule has 3 rings (SSSR count). The van der Waals surface area contributed by atoms with Gasteiger partial charge in [0.2, 0.25) is 0 Å². The van der Waals surface area contributed by atoms with E-state index in [0.717, 1.165) is 0 Å². The van der Waals surface area contributed by atoms with Gasteiger partial charge in [-0.05, 0) is 54.5 Å². The molecule has 0 amide bonds. The van der Waals surface area contributed by atoms with Crippen LogP contribution in [0.15, 0.2) is 40.2 Å². The first-order chi connectivity index (χ1) is 8.74. The van der Waals surface area contributed by atoms with Crippen molar-refractivity contribution >= 4 is 27.3 Å². The Morgan fingerprint density at radius 3 is 3.06 bits per heavy atom. The topological polar surface area (TPSA) is 12.0 Å². The van der Waals surface area contributed by atoms with Gasteiger partial charge in [-0.15, -0.1) is 11.3 Å². The number of thiophene rings is 1. The molecule has 0 bridgehead atoms. The third kappa shape index (κ3) is 2.40. The number of fused-ring (bicyclic) bond motifs is 1. The van der Waals surface area contributed by atoms with Crippen molar-refractivity contribution in [3.05, 3.63) is 56.2 Å². The van der Waals surface area contributed by atoms with Gasteiger partial charge in [-0.1, -0.05) is 28.1 Å². The van der Waals surface area contributed by atoms with Crippen LogP contribution in [0.1, 0.15) is 41.4 Å². The molecule has 1 heterocycles. The summed E-state index contributed by atoms with van der Waals surface area (Å²) in [5, 5.41) is 5.90. The molecule has 2 aromatic rings. The van der Waals surface area contributed by atoms with Crippen LogP contribution < -0.4 is 5.32 Å². The van der Waals surface area contributed by atoms with Crippen molar-refractivity contribution in [3.63, 3.8) is 0 Å². The molecule has 94 valence electrons. The highest BCUT2D eigenvalue weighted by Crippen LogP contribution is 2.35. The molecule has 1 nitrogen and oxygen atoms in total. The number of rotatable bonds is 3. The molecule has 0 saturated heterocycles. The van der Waals surface area contributed by atoms with Crippen molar-refractivity contribution in [2.75, 3.05) is 0 Å². The van der Waals surface area contributed by atoms with Crippen LogP contribution in [0, 0.1) is 0 Å². The molecule has 1 N–H and O–H groups in total. The van der Waals surface area contributed by atoms with Crippen LogP contribution in [0.5, 0.6) is 0 Å². The van der Waals surface area contributed by atoms with Crippen LogP contribution in [-0.2, 0) is 6.42 Å². The lowest BCUT2D eigenvalue weighted by Crippen LogP contribution is -2.22. The van der Waals surface area contributed by atoms with E-state index < -0.39 is 0 Å². The maximum Gasteiger partial charge on any atom is 0.0391 e. The van der Waals surface area contributed by atoms with E-state index in [-0.39, 0.29) is 0 Å². The van der Waals surface area contributed by atoms with Crippen molar-refractivity contribution in [1.29, 1.82) is 0 Å². The maximum atomic E-state index is 3.75. The molecular formula is C15H16BrNS. The van der Waals surface area contributed by atoms with Gasteiger partial charge in [0.05, 0.1) is 0 Å². The Labute approximate surface area is 120 Å². The van der Waals surface area contributed by atoms with Crippen LogP contribution in [0.3, 0.4) is 0 Å². The van der Waals surface area contributed by atoms with E-state index >= 15 is 0 Å². The normalized spacial score (nSPS) is 19.8. The molecule has 2 atom stereocenters. The predicted octanol–water partition coefficient (Wildman–Crippen LogP) is 4.85. The predicted molar refractivity (Wildman–Crippen MR) is 81.1 cm³/mol. The highest BCUT2D eigenvalue weighted by molar-refractivity contribution is 9.10. The zero-order chi connectivity index (χ0) is 12.5. The standard InChI is InChI=1S/C15H16BrNS/c1-10(15-3-2-8-18-15)17-14-7-4-11-9-12(16)5-6-13(11)14/h2-3,5-6,8-10,14,17H,4,7H2,1H3/t10-,14?/m0/s1. The fourth-order valence-corrected chi connectivity index (χ4v) is 3.83. The Morgan fingerprint density at radius 1 is 1.39 bits per heavy atom. The van der Waals surface area contributed by atoms with Gasteiger partial charge >= 0.3 is 0 Å². The Balaban J connectivity index is 1.77. The van der Waals surface area contributed by atoms with Crippen molar-refractivity contribution < 1.29 is 0 Å². The SMILES string of the molecule is C[C@H](NC1CCc2cc(Br)ccc21)c1cccs1. The van der Waals surface area contributed by atoms with Crippen LogP contribution in [-0.4, -0.2) is 0 Å². The fraction of sp³-hybridized carbons (Fsp3) is 0.333. The zero-order valence-corrected chi connectivity index (χ0v) is 12.7. The van der Waals surface area contributed by atoms with E-state index in [1.165, 1.54) is 33.3 Å². The lowest BCUT2D eigenvalue weighted by Gasteiger charge is -2.19. The van der Waals surface area contributed by atoms with Crippen molar-refractivity contribution in [3.8, 4) is 0 Å². The van der Waals surface area contributed by atoms with Crippen molar-refractivity contribution in [1.82, 2.24) is 5.32 Å². The van der Waals surface area contributed by atoms with Crippen LogP contribution in [0.4, 0.5) is 0 Å². The largest absolute Gasteiger partial charge is 0.303 e. The quantitative estimate of drug-likeness (QED) is 0.852. The third-order valence-electron chi connectivity index (χ3n) is 3.60. The molecular weight excluding hydrogens is 306 g/mol. The Kier molecular flexibility index (Phi) is 3.55. The van der Waals surface area contributed by atoms with Crippen molar-refractivity contribution in [2.45, 2.75) is 31.8 Å². The molecule has 1 aliphatic rings. The van der Waals surface area contributed by atoms with E-state index in [1.54, 1.807) is 0 Å². The molecule has 0 fully saturated rings. The molecule has 1 aromatic heterocycles.